The predicted octanol–water partition coefficient (Wildman–Crippen LogP) is 4.68. The Morgan fingerprint density at radius 3 is 2.85 bits per heavy atom. The number of hydrogen-bond acceptors (Lipinski definition) is 1. The number of fused-ring (bicyclic) bond motifs is 1. The minimum Gasteiger partial charge on any atom is -0.241 e. The number of halogens is 3. The topological polar surface area (TPSA) is 12.9 Å². The van der Waals surface area contributed by atoms with Crippen LogP contribution in [0.5, 0.6) is 0 Å². The van der Waals surface area contributed by atoms with Crippen molar-refractivity contribution in [2.75, 3.05) is 0 Å². The van der Waals surface area contributed by atoms with Crippen molar-refractivity contribution in [3.8, 4) is 0 Å². The Balaban J connectivity index is 1.96. The molecule has 1 aliphatic carbocycles. The Bertz CT molecular complexity index is 642. The molecule has 1 aromatic carbocycles. The van der Waals surface area contributed by atoms with Crippen molar-refractivity contribution in [2.45, 2.75) is 31.6 Å². The summed E-state index contributed by atoms with van der Waals surface area (Å²) in [6.45, 7) is 0. The Morgan fingerprint density at radius 1 is 1.15 bits per heavy atom. The molecule has 1 atom stereocenters. The van der Waals surface area contributed by atoms with E-state index in [-0.39, 0.29) is 5.92 Å². The summed E-state index contributed by atoms with van der Waals surface area (Å²) in [6, 6.07) is 8.10. The summed E-state index contributed by atoms with van der Waals surface area (Å²) in [5.41, 5.74) is 2.53. The van der Waals surface area contributed by atoms with Crippen molar-refractivity contribution in [3.63, 3.8) is 0 Å². The molecule has 0 amide bonds. The third-order valence-corrected chi connectivity index (χ3v) is 4.10. The van der Waals surface area contributed by atoms with E-state index < -0.39 is 11.6 Å². The van der Waals surface area contributed by atoms with Crippen molar-refractivity contribution in [2.24, 2.45) is 0 Å². The van der Waals surface area contributed by atoms with E-state index in [0.717, 1.165) is 36.6 Å². The lowest BCUT2D eigenvalue weighted by molar-refractivity contribution is 0.479. The van der Waals surface area contributed by atoms with Gasteiger partial charge in [0.05, 0.1) is 0 Å². The van der Waals surface area contributed by atoms with Crippen LogP contribution in [0, 0.1) is 11.6 Å². The summed E-state index contributed by atoms with van der Waals surface area (Å²) in [6.07, 6.45) is 3.25. The Labute approximate surface area is 121 Å². The van der Waals surface area contributed by atoms with Crippen molar-refractivity contribution >= 4 is 11.6 Å². The van der Waals surface area contributed by atoms with E-state index in [0.29, 0.717) is 17.1 Å². The molecule has 4 heteroatoms. The lowest BCUT2D eigenvalue weighted by Gasteiger charge is -2.16. The quantitative estimate of drug-likeness (QED) is 0.550. The highest BCUT2D eigenvalue weighted by Crippen LogP contribution is 2.33. The third kappa shape index (κ3) is 2.55. The SMILES string of the molecule is Fc1cccc([C@@H]2CCCc3nc(Cl)ccc3C2)c1F. The number of nitrogens with zero attached hydrogens (tertiary/aromatic N) is 1. The Morgan fingerprint density at radius 2 is 2.00 bits per heavy atom. The number of hydrogen-bond donors (Lipinski definition) is 0. The first-order valence-electron chi connectivity index (χ1n) is 6.73. The van der Waals surface area contributed by atoms with Gasteiger partial charge in [-0.1, -0.05) is 29.8 Å². The lowest BCUT2D eigenvalue weighted by Crippen LogP contribution is -2.06. The van der Waals surface area contributed by atoms with E-state index in [1.165, 1.54) is 0 Å². The highest BCUT2D eigenvalue weighted by atomic mass is 35.5. The van der Waals surface area contributed by atoms with Crippen LogP contribution < -0.4 is 0 Å². The molecule has 0 N–H and O–H groups in total. The molecule has 104 valence electrons. The fourth-order valence-electron chi connectivity index (χ4n) is 2.89. The minimum atomic E-state index is -0.777. The lowest BCUT2D eigenvalue weighted by atomic mass is 9.90. The average molecular weight is 294 g/mol. The van der Waals surface area contributed by atoms with Crippen LogP contribution in [-0.4, -0.2) is 4.98 Å². The van der Waals surface area contributed by atoms with E-state index in [2.05, 4.69) is 4.98 Å². The third-order valence-electron chi connectivity index (χ3n) is 3.89. The second-order valence-corrected chi connectivity index (χ2v) is 5.56. The maximum absolute atomic E-state index is 13.9. The van der Waals surface area contributed by atoms with Crippen LogP contribution in [0.3, 0.4) is 0 Å². The molecule has 0 unspecified atom stereocenters. The van der Waals surface area contributed by atoms with Gasteiger partial charge in [0, 0.05) is 5.69 Å². The second kappa shape index (κ2) is 5.49. The molecule has 2 aromatic rings. The maximum Gasteiger partial charge on any atom is 0.162 e. The molecule has 0 saturated carbocycles. The van der Waals surface area contributed by atoms with Gasteiger partial charge in [0.2, 0.25) is 0 Å². The van der Waals surface area contributed by atoms with Crippen LogP contribution >= 0.6 is 11.6 Å². The summed E-state index contributed by atoms with van der Waals surface area (Å²) < 4.78 is 27.3. The molecular formula is C16H14ClF2N. The highest BCUT2D eigenvalue weighted by molar-refractivity contribution is 6.29. The normalized spacial score (nSPS) is 18.4. The highest BCUT2D eigenvalue weighted by Gasteiger charge is 2.22. The van der Waals surface area contributed by atoms with E-state index in [9.17, 15) is 8.78 Å². The van der Waals surface area contributed by atoms with Crippen LogP contribution in [-0.2, 0) is 12.8 Å². The molecule has 1 aliphatic rings. The smallest absolute Gasteiger partial charge is 0.162 e. The molecular weight excluding hydrogens is 280 g/mol. The largest absolute Gasteiger partial charge is 0.241 e. The minimum absolute atomic E-state index is 0.00470. The average Bonchev–Trinajstić information content (AvgIpc) is 2.63. The molecule has 1 heterocycles. The van der Waals surface area contributed by atoms with E-state index in [4.69, 9.17) is 11.6 Å². The zero-order valence-corrected chi connectivity index (χ0v) is 11.6. The van der Waals surface area contributed by atoms with Crippen LogP contribution in [0.2, 0.25) is 5.15 Å². The van der Waals surface area contributed by atoms with Gasteiger partial charge in [0.15, 0.2) is 11.6 Å². The Hall–Kier alpha value is -1.48. The molecule has 20 heavy (non-hydrogen) atoms. The summed E-state index contributed by atoms with van der Waals surface area (Å²) in [7, 11) is 0. The molecule has 0 fully saturated rings. The van der Waals surface area contributed by atoms with Crippen molar-refractivity contribution in [3.05, 3.63) is 63.9 Å². The van der Waals surface area contributed by atoms with Crippen LogP contribution in [0.4, 0.5) is 8.78 Å². The summed E-state index contributed by atoms with van der Waals surface area (Å²) in [5, 5.41) is 0.485. The molecule has 1 aromatic heterocycles. The second-order valence-electron chi connectivity index (χ2n) is 5.18. The number of rotatable bonds is 1. The summed E-state index contributed by atoms with van der Waals surface area (Å²) in [5.74, 6) is -1.50. The predicted molar refractivity (Wildman–Crippen MR) is 75.0 cm³/mol. The number of aromatic nitrogens is 1. The van der Waals surface area contributed by atoms with Crippen LogP contribution in [0.1, 0.15) is 35.6 Å². The standard InChI is InChI=1S/C16H14ClF2N/c17-15-8-7-11-9-10(3-1-6-14(11)20-15)12-4-2-5-13(18)16(12)19/h2,4-5,7-8,10H,1,3,6,9H2/t10-/m1/s1. The number of pyridine rings is 1. The fourth-order valence-corrected chi connectivity index (χ4v) is 3.06. The van der Waals surface area contributed by atoms with Gasteiger partial charge >= 0.3 is 0 Å². The maximum atomic E-state index is 13.9. The number of aryl methyl sites for hydroxylation is 1. The fraction of sp³-hybridized carbons (Fsp3) is 0.312. The van der Waals surface area contributed by atoms with Crippen molar-refractivity contribution < 1.29 is 8.78 Å². The first kappa shape index (κ1) is 13.5. The van der Waals surface area contributed by atoms with Gasteiger partial charge in [-0.15, -0.1) is 0 Å². The zero-order chi connectivity index (χ0) is 14.1. The van der Waals surface area contributed by atoms with Gasteiger partial charge in [-0.25, -0.2) is 13.8 Å². The molecule has 0 saturated heterocycles. The van der Waals surface area contributed by atoms with E-state index in [1.807, 2.05) is 6.07 Å². The summed E-state index contributed by atoms with van der Waals surface area (Å²) >= 11 is 5.91. The zero-order valence-electron chi connectivity index (χ0n) is 10.9. The molecule has 0 spiro atoms. The molecule has 0 radical (unpaired) electrons. The van der Waals surface area contributed by atoms with Gasteiger partial charge in [-0.05, 0) is 54.9 Å². The van der Waals surface area contributed by atoms with Gasteiger partial charge in [-0.2, -0.15) is 0 Å². The van der Waals surface area contributed by atoms with Gasteiger partial charge in [0.1, 0.15) is 5.15 Å². The molecule has 0 aliphatic heterocycles. The van der Waals surface area contributed by atoms with Gasteiger partial charge in [0.25, 0.3) is 0 Å². The first-order chi connectivity index (χ1) is 9.65. The first-order valence-corrected chi connectivity index (χ1v) is 7.11. The summed E-state index contributed by atoms with van der Waals surface area (Å²) in [4.78, 5) is 4.34. The monoisotopic (exact) mass is 293 g/mol. The van der Waals surface area contributed by atoms with Gasteiger partial charge < -0.3 is 0 Å². The Kier molecular flexibility index (Phi) is 3.70. The van der Waals surface area contributed by atoms with Crippen LogP contribution in [0.15, 0.2) is 30.3 Å². The van der Waals surface area contributed by atoms with E-state index in [1.54, 1.807) is 18.2 Å². The molecule has 0 bridgehead atoms. The van der Waals surface area contributed by atoms with Crippen molar-refractivity contribution in [1.82, 2.24) is 4.98 Å². The molecule has 1 nitrogen and oxygen atoms in total. The number of benzene rings is 1. The van der Waals surface area contributed by atoms with Gasteiger partial charge in [-0.3, -0.25) is 0 Å². The van der Waals surface area contributed by atoms with Crippen molar-refractivity contribution in [1.29, 1.82) is 0 Å². The molecule has 3 rings (SSSR count). The van der Waals surface area contributed by atoms with E-state index >= 15 is 0 Å². The van der Waals surface area contributed by atoms with Crippen LogP contribution in [0.25, 0.3) is 0 Å².